The number of aryl methyl sites for hydroxylation is 1. The monoisotopic (exact) mass is 634 g/mol. The fraction of sp³-hybridized carbons (Fsp3) is 0.172. The maximum atomic E-state index is 14.7. The first-order valence-electron chi connectivity index (χ1n) is 13.5. The second-order valence-electron chi connectivity index (χ2n) is 10.0. The van der Waals surface area contributed by atoms with Crippen LogP contribution in [-0.4, -0.2) is 86.5 Å². The average molecular weight is 635 g/mol. The van der Waals surface area contributed by atoms with Gasteiger partial charge in [0, 0.05) is 37.9 Å². The van der Waals surface area contributed by atoms with Crippen molar-refractivity contribution in [3.05, 3.63) is 102 Å². The molecule has 1 aliphatic heterocycles. The molecular weight excluding hydrogens is 607 g/mol. The number of nitrogen functional groups attached to an aromatic ring is 1. The second-order valence-corrected chi connectivity index (χ2v) is 11.4. The molecule has 3 N–H and O–H groups in total. The Labute approximate surface area is 256 Å². The molecule has 2 aromatic carbocycles. The number of carbonyl (C=O) groups is 3. The van der Waals surface area contributed by atoms with Crippen LogP contribution >= 0.6 is 0 Å². The van der Waals surface area contributed by atoms with Crippen LogP contribution < -0.4 is 10.5 Å². The highest BCUT2D eigenvalue weighted by atomic mass is 32.2. The molecule has 5 aromatic rings. The van der Waals surface area contributed by atoms with Crippen LogP contribution in [-0.2, 0) is 14.9 Å². The molecule has 14 nitrogen and oxygen atoms in total. The number of carbonyl (C=O) groups excluding carboxylic acids is 3. The van der Waals surface area contributed by atoms with Crippen LogP contribution in [0, 0.1) is 12.7 Å². The topological polar surface area (TPSA) is 191 Å². The van der Waals surface area contributed by atoms with Crippen LogP contribution in [0.3, 0.4) is 0 Å². The van der Waals surface area contributed by atoms with Gasteiger partial charge in [-0.2, -0.15) is 0 Å². The van der Waals surface area contributed by atoms with E-state index in [2.05, 4.69) is 15.2 Å². The van der Waals surface area contributed by atoms with E-state index >= 15 is 0 Å². The number of fused-ring (bicyclic) bond motifs is 1. The number of benzene rings is 2. The molecule has 0 saturated carbocycles. The number of aromatic amines is 1. The fourth-order valence-electron chi connectivity index (χ4n) is 4.70. The molecule has 1 saturated heterocycles. The van der Waals surface area contributed by atoms with E-state index in [-0.39, 0.29) is 46.2 Å². The Hall–Kier alpha value is -5.48. The van der Waals surface area contributed by atoms with Crippen molar-refractivity contribution in [1.82, 2.24) is 29.8 Å². The minimum absolute atomic E-state index is 0.0553. The van der Waals surface area contributed by atoms with Gasteiger partial charge >= 0.3 is 5.82 Å². The summed E-state index contributed by atoms with van der Waals surface area (Å²) in [5, 5.41) is 3.93. The van der Waals surface area contributed by atoms with Crippen molar-refractivity contribution in [2.75, 3.05) is 32.0 Å². The number of hydrogen-bond donors (Lipinski definition) is 2. The normalized spacial score (nSPS) is 13.3. The Morgan fingerprint density at radius 1 is 1.00 bits per heavy atom. The number of ketones is 1. The Morgan fingerprint density at radius 3 is 2.24 bits per heavy atom. The summed E-state index contributed by atoms with van der Waals surface area (Å²) >= 11 is 0. The minimum Gasteiger partial charge on any atom is -0.744 e. The summed E-state index contributed by atoms with van der Waals surface area (Å²) in [7, 11) is -4.27. The van der Waals surface area contributed by atoms with Gasteiger partial charge in [0.1, 0.15) is 34.2 Å². The molecule has 16 heteroatoms. The van der Waals surface area contributed by atoms with Crippen molar-refractivity contribution in [3.8, 4) is 5.82 Å². The van der Waals surface area contributed by atoms with Gasteiger partial charge in [0.2, 0.25) is 0 Å². The molecule has 232 valence electrons. The fourth-order valence-corrected chi connectivity index (χ4v) is 5.17. The number of nitrogens with zero attached hydrogens (tertiary/aromatic N) is 6. The van der Waals surface area contributed by atoms with E-state index < -0.39 is 27.6 Å². The Balaban J connectivity index is 0.000000309. The lowest BCUT2D eigenvalue weighted by Gasteiger charge is -2.34. The number of nitrogens with one attached hydrogen (secondary N) is 1. The van der Waals surface area contributed by atoms with E-state index in [1.165, 1.54) is 40.3 Å². The third-order valence-corrected chi connectivity index (χ3v) is 7.89. The summed E-state index contributed by atoms with van der Waals surface area (Å²) in [5.41, 5.74) is 1.60. The smallest absolute Gasteiger partial charge is 0.310 e. The molecule has 4 heterocycles. The van der Waals surface area contributed by atoms with E-state index in [4.69, 9.17) is 5.84 Å². The molecule has 0 atom stereocenters. The molecule has 6 rings (SSSR count). The summed E-state index contributed by atoms with van der Waals surface area (Å²) in [6.07, 6.45) is 5.23. The van der Waals surface area contributed by atoms with Crippen LogP contribution in [0.15, 0.2) is 84.3 Å². The van der Waals surface area contributed by atoms with E-state index in [0.29, 0.717) is 18.7 Å². The summed E-state index contributed by atoms with van der Waals surface area (Å²) in [5.74, 6) is 3.31. The van der Waals surface area contributed by atoms with Crippen molar-refractivity contribution in [1.29, 1.82) is 0 Å². The quantitative estimate of drug-likeness (QED) is 0.0932. The third kappa shape index (κ3) is 6.71. The molecular formula is C29H27FN8O6S. The highest BCUT2D eigenvalue weighted by Gasteiger charge is 2.32. The van der Waals surface area contributed by atoms with Gasteiger partial charge in [-0.3, -0.25) is 20.2 Å². The highest BCUT2D eigenvalue weighted by Crippen LogP contribution is 2.25. The maximum Gasteiger partial charge on any atom is 0.310 e. The molecule has 0 radical (unpaired) electrons. The molecule has 0 aliphatic carbocycles. The van der Waals surface area contributed by atoms with Gasteiger partial charge in [0.15, 0.2) is 5.82 Å². The number of pyridine rings is 1. The van der Waals surface area contributed by atoms with Gasteiger partial charge in [0.05, 0.1) is 21.1 Å². The number of hydrogen-bond acceptors (Lipinski definition) is 9. The first-order chi connectivity index (χ1) is 21.4. The number of piperazine rings is 1. The van der Waals surface area contributed by atoms with Crippen LogP contribution in [0.5, 0.6) is 0 Å². The molecule has 0 spiro atoms. The predicted octanol–water partition coefficient (Wildman–Crippen LogP) is 0.955. The lowest BCUT2D eigenvalue weighted by molar-refractivity contribution is -0.663. The first kappa shape index (κ1) is 31.0. The van der Waals surface area contributed by atoms with E-state index in [1.54, 1.807) is 41.3 Å². The Morgan fingerprint density at radius 2 is 1.64 bits per heavy atom. The number of aromatic nitrogens is 5. The van der Waals surface area contributed by atoms with Crippen LogP contribution in [0.4, 0.5) is 4.39 Å². The largest absolute Gasteiger partial charge is 0.744 e. The predicted molar refractivity (Wildman–Crippen MR) is 156 cm³/mol. The summed E-state index contributed by atoms with van der Waals surface area (Å²) in [6.45, 7) is 2.80. The zero-order valence-electron chi connectivity index (χ0n) is 23.8. The third-order valence-electron chi connectivity index (χ3n) is 7.04. The second kappa shape index (κ2) is 12.6. The van der Waals surface area contributed by atoms with E-state index in [1.807, 2.05) is 13.0 Å². The minimum atomic E-state index is -4.27. The van der Waals surface area contributed by atoms with Gasteiger partial charge in [0.25, 0.3) is 17.6 Å². The summed E-state index contributed by atoms with van der Waals surface area (Å²) < 4.78 is 47.2. The van der Waals surface area contributed by atoms with Gasteiger partial charge < -0.3 is 19.3 Å². The number of H-pyrrole nitrogens is 1. The van der Waals surface area contributed by atoms with Gasteiger partial charge in [-0.05, 0) is 31.2 Å². The number of amides is 2. The standard InChI is InChI=1S/C22H19FN8O3.C7H8O3S/c23-16-13-26-20(30-10-11-31(24)27-30)18-17(16)15(12-25-18)19(32)22(34)29-8-6-28(7-9-29)21(33)14-4-2-1-3-5-14;1-6-2-4-7(5-3-6)11(8,9)10/h1-5,10-13H,6-9H2,(H2-,24,25,26,27,32);2-5H,1H3,(H,8,9,10). The lowest BCUT2D eigenvalue weighted by atomic mass is 10.1. The van der Waals surface area contributed by atoms with E-state index in [0.717, 1.165) is 16.6 Å². The number of rotatable bonds is 5. The SMILES string of the molecule is Cc1ccc(S(=O)(=O)[O-])cc1.Nn1cc[n+](-c2ncc(F)c3c(C(=O)C(=O)N4CCN(C(=O)c5ccccc5)CC4)c[nH]c23)n1. The maximum absolute atomic E-state index is 14.7. The van der Waals surface area contributed by atoms with Crippen molar-refractivity contribution >= 4 is 38.6 Å². The molecule has 45 heavy (non-hydrogen) atoms. The zero-order chi connectivity index (χ0) is 32.3. The molecule has 1 aliphatic rings. The Bertz CT molecular complexity index is 1990. The summed E-state index contributed by atoms with van der Waals surface area (Å²) in [4.78, 5) is 49.3. The zero-order valence-corrected chi connectivity index (χ0v) is 24.6. The lowest BCUT2D eigenvalue weighted by Crippen LogP contribution is -2.52. The van der Waals surface area contributed by atoms with E-state index in [9.17, 15) is 31.7 Å². The molecule has 1 fully saturated rings. The number of nitrogens with two attached hydrogens (primary N) is 1. The van der Waals surface area contributed by atoms with Gasteiger partial charge in [-0.15, -0.1) is 9.67 Å². The molecule has 2 amide bonds. The average Bonchev–Trinajstić information content (AvgIpc) is 3.68. The van der Waals surface area contributed by atoms with Crippen molar-refractivity contribution < 1.29 is 36.4 Å². The molecule has 0 unspecified atom stereocenters. The number of halogens is 1. The number of Topliss-reactive ketones (excluding diaryl/α,β-unsaturated/α-hetero) is 1. The van der Waals surface area contributed by atoms with Crippen LogP contribution in [0.25, 0.3) is 16.7 Å². The van der Waals surface area contributed by atoms with Crippen molar-refractivity contribution in [2.45, 2.75) is 11.8 Å². The Kier molecular flexibility index (Phi) is 8.69. The van der Waals surface area contributed by atoms with Crippen molar-refractivity contribution in [2.24, 2.45) is 0 Å². The molecule has 0 bridgehead atoms. The van der Waals surface area contributed by atoms with Crippen LogP contribution in [0.2, 0.25) is 0 Å². The van der Waals surface area contributed by atoms with Gasteiger partial charge in [-0.1, -0.05) is 40.7 Å². The van der Waals surface area contributed by atoms with Crippen molar-refractivity contribution in [3.63, 3.8) is 0 Å². The molecule has 3 aromatic heterocycles. The summed E-state index contributed by atoms with van der Waals surface area (Å²) in [6, 6.07) is 14.6. The van der Waals surface area contributed by atoms with Gasteiger partial charge in [-0.25, -0.2) is 12.8 Å². The first-order valence-corrected chi connectivity index (χ1v) is 14.9. The van der Waals surface area contributed by atoms with Crippen LogP contribution in [0.1, 0.15) is 26.3 Å². The highest BCUT2D eigenvalue weighted by molar-refractivity contribution is 7.85.